The number of rotatable bonds is 11. The zero-order valence-corrected chi connectivity index (χ0v) is 31.9. The normalized spacial score (nSPS) is 12.9. The smallest absolute Gasteiger partial charge is 0.255 e. The summed E-state index contributed by atoms with van der Waals surface area (Å²) in [5, 5.41) is 6.61. The molecule has 0 aromatic heterocycles. The largest absolute Gasteiger partial charge is 0.490 e. The molecule has 7 heteroatoms. The van der Waals surface area contributed by atoms with E-state index in [-0.39, 0.29) is 17.9 Å². The van der Waals surface area contributed by atoms with Crippen molar-refractivity contribution in [1.82, 2.24) is 4.90 Å². The SMILES string of the molecule is Cc1ccc(C(=O)N2CCC(Oc3ccc(COc4ccc(-c5ccc(C(=O)Nc6ccc(C)c(Nc7c(C)cccc7C)c6)cc5)cc4)cc3)CC2)cc1. The summed E-state index contributed by atoms with van der Waals surface area (Å²) in [6, 6.07) is 43.5. The lowest BCUT2D eigenvalue weighted by molar-refractivity contribution is 0.0595. The minimum atomic E-state index is -0.163. The predicted molar refractivity (Wildman–Crippen MR) is 222 cm³/mol. The first kappa shape index (κ1) is 37.0. The Morgan fingerprint density at radius 2 is 1.25 bits per heavy atom. The van der Waals surface area contributed by atoms with Crippen molar-refractivity contribution in [3.63, 3.8) is 0 Å². The molecule has 2 amide bonds. The number of anilines is 3. The van der Waals surface area contributed by atoms with Gasteiger partial charge in [0.25, 0.3) is 11.8 Å². The number of nitrogens with one attached hydrogen (secondary N) is 2. The molecule has 7 nitrogen and oxygen atoms in total. The van der Waals surface area contributed by atoms with E-state index in [2.05, 4.69) is 49.6 Å². The van der Waals surface area contributed by atoms with E-state index in [1.807, 2.05) is 127 Å². The van der Waals surface area contributed by atoms with Crippen LogP contribution in [0.1, 0.15) is 61.4 Å². The molecule has 0 bridgehead atoms. The van der Waals surface area contributed by atoms with E-state index in [1.165, 1.54) is 11.1 Å². The molecule has 0 unspecified atom stereocenters. The highest BCUT2D eigenvalue weighted by molar-refractivity contribution is 6.04. The molecule has 1 aliphatic heterocycles. The average Bonchev–Trinajstić information content (AvgIpc) is 3.21. The number of nitrogens with zero attached hydrogens (tertiary/aromatic N) is 1. The van der Waals surface area contributed by atoms with E-state index in [0.717, 1.165) is 74.8 Å². The van der Waals surface area contributed by atoms with Crippen LogP contribution in [-0.4, -0.2) is 35.9 Å². The maximum Gasteiger partial charge on any atom is 0.255 e. The van der Waals surface area contributed by atoms with Crippen molar-refractivity contribution in [3.05, 3.63) is 172 Å². The van der Waals surface area contributed by atoms with Crippen molar-refractivity contribution < 1.29 is 19.1 Å². The van der Waals surface area contributed by atoms with Crippen LogP contribution < -0.4 is 20.1 Å². The average molecular weight is 730 g/mol. The number of benzene rings is 6. The third-order valence-electron chi connectivity index (χ3n) is 10.2. The van der Waals surface area contributed by atoms with Crippen LogP contribution in [0.5, 0.6) is 11.5 Å². The van der Waals surface area contributed by atoms with E-state index in [9.17, 15) is 9.59 Å². The summed E-state index contributed by atoms with van der Waals surface area (Å²) in [7, 11) is 0. The Morgan fingerprint density at radius 1 is 0.655 bits per heavy atom. The Bertz CT molecular complexity index is 2240. The maximum absolute atomic E-state index is 13.2. The summed E-state index contributed by atoms with van der Waals surface area (Å²) in [6.07, 6.45) is 1.70. The van der Waals surface area contributed by atoms with Crippen LogP contribution in [0.25, 0.3) is 11.1 Å². The molecular weight excluding hydrogens is 683 g/mol. The van der Waals surface area contributed by atoms with Gasteiger partial charge in [-0.15, -0.1) is 0 Å². The molecule has 1 aliphatic rings. The van der Waals surface area contributed by atoms with Crippen LogP contribution >= 0.6 is 0 Å². The Morgan fingerprint density at radius 3 is 1.91 bits per heavy atom. The second-order valence-electron chi connectivity index (χ2n) is 14.4. The number of amides is 2. The lowest BCUT2D eigenvalue weighted by Gasteiger charge is -2.32. The number of hydrogen-bond acceptors (Lipinski definition) is 5. The number of carbonyl (C=O) groups is 2. The third-order valence-corrected chi connectivity index (χ3v) is 10.2. The zero-order chi connectivity index (χ0) is 38.3. The molecule has 6 aromatic rings. The van der Waals surface area contributed by atoms with Gasteiger partial charge in [-0.2, -0.15) is 0 Å². The maximum atomic E-state index is 13.2. The molecular formula is C48H47N3O4. The van der Waals surface area contributed by atoms with Crippen molar-refractivity contribution in [2.75, 3.05) is 23.7 Å². The highest BCUT2D eigenvalue weighted by atomic mass is 16.5. The molecule has 0 aliphatic carbocycles. The molecule has 7 rings (SSSR count). The molecule has 6 aromatic carbocycles. The molecule has 0 spiro atoms. The fourth-order valence-electron chi connectivity index (χ4n) is 6.82. The van der Waals surface area contributed by atoms with Gasteiger partial charge in [-0.05, 0) is 122 Å². The molecule has 0 saturated carbocycles. The topological polar surface area (TPSA) is 79.9 Å². The van der Waals surface area contributed by atoms with Gasteiger partial charge in [-0.3, -0.25) is 9.59 Å². The van der Waals surface area contributed by atoms with E-state index in [0.29, 0.717) is 25.3 Å². The van der Waals surface area contributed by atoms with Crippen LogP contribution in [0.4, 0.5) is 17.1 Å². The first-order valence-corrected chi connectivity index (χ1v) is 18.9. The van der Waals surface area contributed by atoms with Crippen molar-refractivity contribution in [3.8, 4) is 22.6 Å². The van der Waals surface area contributed by atoms with Gasteiger partial charge in [0.05, 0.1) is 0 Å². The molecule has 1 heterocycles. The van der Waals surface area contributed by atoms with Crippen LogP contribution in [0.15, 0.2) is 133 Å². The molecule has 0 atom stereocenters. The number of piperidine rings is 1. The van der Waals surface area contributed by atoms with E-state index < -0.39 is 0 Å². The Labute approximate surface area is 324 Å². The summed E-state index contributed by atoms with van der Waals surface area (Å²) >= 11 is 0. The monoisotopic (exact) mass is 729 g/mol. The molecule has 1 saturated heterocycles. The molecule has 2 N–H and O–H groups in total. The lowest BCUT2D eigenvalue weighted by atomic mass is 10.0. The van der Waals surface area contributed by atoms with Crippen molar-refractivity contribution in [2.45, 2.75) is 53.2 Å². The van der Waals surface area contributed by atoms with Crippen molar-refractivity contribution in [1.29, 1.82) is 0 Å². The number of hydrogen-bond donors (Lipinski definition) is 2. The number of ether oxygens (including phenoxy) is 2. The number of para-hydroxylation sites is 1. The molecule has 55 heavy (non-hydrogen) atoms. The van der Waals surface area contributed by atoms with Gasteiger partial charge in [0, 0.05) is 54.1 Å². The summed E-state index contributed by atoms with van der Waals surface area (Å²) in [5.74, 6) is 1.52. The van der Waals surface area contributed by atoms with Gasteiger partial charge in [-0.25, -0.2) is 0 Å². The minimum Gasteiger partial charge on any atom is -0.490 e. The minimum absolute atomic E-state index is 0.0836. The number of likely N-dealkylation sites (tertiary alicyclic amines) is 1. The fraction of sp³-hybridized carbons (Fsp3) is 0.208. The second kappa shape index (κ2) is 16.8. The van der Waals surface area contributed by atoms with Crippen LogP contribution in [0.2, 0.25) is 0 Å². The molecule has 0 radical (unpaired) electrons. The first-order chi connectivity index (χ1) is 26.7. The highest BCUT2D eigenvalue weighted by Crippen LogP contribution is 2.29. The summed E-state index contributed by atoms with van der Waals surface area (Å²) < 4.78 is 12.3. The zero-order valence-electron chi connectivity index (χ0n) is 31.9. The number of aryl methyl sites for hydroxylation is 4. The highest BCUT2D eigenvalue weighted by Gasteiger charge is 2.24. The van der Waals surface area contributed by atoms with Crippen molar-refractivity contribution >= 4 is 28.9 Å². The van der Waals surface area contributed by atoms with E-state index in [4.69, 9.17) is 9.47 Å². The lowest BCUT2D eigenvalue weighted by Crippen LogP contribution is -2.41. The molecule has 278 valence electrons. The van der Waals surface area contributed by atoms with Gasteiger partial charge >= 0.3 is 0 Å². The van der Waals surface area contributed by atoms with Crippen LogP contribution in [0, 0.1) is 27.7 Å². The summed E-state index contributed by atoms with van der Waals surface area (Å²) in [5.41, 5.74) is 11.8. The van der Waals surface area contributed by atoms with E-state index in [1.54, 1.807) is 0 Å². The van der Waals surface area contributed by atoms with Gasteiger partial charge in [0.2, 0.25) is 0 Å². The third kappa shape index (κ3) is 9.25. The summed E-state index contributed by atoms with van der Waals surface area (Å²) in [6.45, 7) is 10.1. The van der Waals surface area contributed by atoms with Gasteiger partial charge < -0.3 is 25.0 Å². The van der Waals surface area contributed by atoms with Gasteiger partial charge in [0.1, 0.15) is 24.2 Å². The Hall–Kier alpha value is -6.34. The van der Waals surface area contributed by atoms with E-state index >= 15 is 0 Å². The van der Waals surface area contributed by atoms with Crippen LogP contribution in [0.3, 0.4) is 0 Å². The fourth-order valence-corrected chi connectivity index (χ4v) is 6.82. The van der Waals surface area contributed by atoms with Gasteiger partial charge in [-0.1, -0.05) is 78.4 Å². The Kier molecular flexibility index (Phi) is 11.3. The number of carbonyl (C=O) groups excluding carboxylic acids is 2. The predicted octanol–water partition coefficient (Wildman–Crippen LogP) is 10.8. The quantitative estimate of drug-likeness (QED) is 0.139. The Balaban J connectivity index is 0.871. The second-order valence-corrected chi connectivity index (χ2v) is 14.4. The molecule has 1 fully saturated rings. The standard InChI is InChI=1S/C48H47N3O4/c1-32-8-13-40(14-9-32)48(53)51-28-26-44(27-29-51)55-43-22-11-36(12-23-43)31-54-42-24-19-38(20-25-42)37-15-17-39(18-16-37)47(52)49-41-21-10-33(2)45(30-41)50-46-34(3)6-5-7-35(46)4/h5-25,30,44,50H,26-29,31H2,1-4H3,(H,49,52). The van der Waals surface area contributed by atoms with Crippen LogP contribution in [-0.2, 0) is 6.61 Å². The van der Waals surface area contributed by atoms with Gasteiger partial charge in [0.15, 0.2) is 0 Å². The first-order valence-electron chi connectivity index (χ1n) is 18.9. The summed E-state index contributed by atoms with van der Waals surface area (Å²) in [4.78, 5) is 28.0. The van der Waals surface area contributed by atoms with Crippen molar-refractivity contribution in [2.24, 2.45) is 0 Å².